The second kappa shape index (κ2) is 20.7. The molecule has 0 saturated carbocycles. The Bertz CT molecular complexity index is 412. The lowest BCUT2D eigenvalue weighted by Gasteiger charge is -2.30. The van der Waals surface area contributed by atoms with Crippen molar-refractivity contribution in [3.63, 3.8) is 0 Å². The molecule has 0 aromatic carbocycles. The Morgan fingerprint density at radius 2 is 0.938 bits per heavy atom. The van der Waals surface area contributed by atoms with Gasteiger partial charge in [0.1, 0.15) is 0 Å². The summed E-state index contributed by atoms with van der Waals surface area (Å²) in [6, 6.07) is 1.77. The first-order valence-electron chi connectivity index (χ1n) is 13.6. The van der Waals surface area contributed by atoms with Gasteiger partial charge >= 0.3 is 0 Å². The summed E-state index contributed by atoms with van der Waals surface area (Å²) in [5.41, 5.74) is 0. The lowest BCUT2D eigenvalue weighted by molar-refractivity contribution is 0.190. The summed E-state index contributed by atoms with van der Waals surface area (Å²) >= 11 is 0. The zero-order valence-corrected chi connectivity index (χ0v) is 26.7. The summed E-state index contributed by atoms with van der Waals surface area (Å²) in [6.45, 7) is 12.0. The molecule has 3 rings (SSSR count). The van der Waals surface area contributed by atoms with Crippen LogP contribution in [-0.4, -0.2) is 72.6 Å². The van der Waals surface area contributed by atoms with Gasteiger partial charge in [0.2, 0.25) is 0 Å². The molecule has 0 aliphatic carbocycles. The van der Waals surface area contributed by atoms with Gasteiger partial charge in [-0.25, -0.2) is 0 Å². The molecular formula is C26H54Br2IN3. The molecule has 0 radical (unpaired) electrons. The van der Waals surface area contributed by atoms with Crippen LogP contribution in [0.1, 0.15) is 110 Å². The van der Waals surface area contributed by atoms with Gasteiger partial charge in [0.15, 0.2) is 0 Å². The summed E-state index contributed by atoms with van der Waals surface area (Å²) < 4.78 is 0. The van der Waals surface area contributed by atoms with Crippen molar-refractivity contribution in [3.8, 4) is 0 Å². The van der Waals surface area contributed by atoms with E-state index in [-0.39, 0.29) is 57.9 Å². The van der Waals surface area contributed by atoms with E-state index in [0.717, 1.165) is 12.1 Å². The fourth-order valence-corrected chi connectivity index (χ4v) is 6.22. The third kappa shape index (κ3) is 12.5. The average Bonchev–Trinajstić information content (AvgIpc) is 3.47. The van der Waals surface area contributed by atoms with Crippen molar-refractivity contribution in [2.24, 2.45) is 0 Å². The molecule has 0 spiro atoms. The predicted molar refractivity (Wildman–Crippen MR) is 163 cm³/mol. The molecule has 0 bridgehead atoms. The van der Waals surface area contributed by atoms with E-state index in [9.17, 15) is 0 Å². The lowest BCUT2D eigenvalue weighted by Crippen LogP contribution is -2.34. The van der Waals surface area contributed by atoms with Crippen LogP contribution < -0.4 is 0 Å². The van der Waals surface area contributed by atoms with Gasteiger partial charge in [-0.15, -0.1) is 57.9 Å². The van der Waals surface area contributed by atoms with Gasteiger partial charge in [0, 0.05) is 12.1 Å². The zero-order valence-electron chi connectivity index (χ0n) is 21.0. The average molecular weight is 695 g/mol. The van der Waals surface area contributed by atoms with Crippen LogP contribution in [0.2, 0.25) is 0 Å². The van der Waals surface area contributed by atoms with Crippen LogP contribution in [0.5, 0.6) is 0 Å². The van der Waals surface area contributed by atoms with Crippen molar-refractivity contribution in [2.75, 3.05) is 45.8 Å². The molecule has 3 aliphatic rings. The van der Waals surface area contributed by atoms with Crippen molar-refractivity contribution in [2.45, 2.75) is 122 Å². The Morgan fingerprint density at radius 1 is 0.531 bits per heavy atom. The fourth-order valence-electron chi connectivity index (χ4n) is 6.22. The van der Waals surface area contributed by atoms with Crippen LogP contribution >= 0.6 is 57.9 Å². The van der Waals surface area contributed by atoms with E-state index in [4.69, 9.17) is 0 Å². The van der Waals surface area contributed by atoms with Crippen molar-refractivity contribution >= 4 is 57.9 Å². The third-order valence-corrected chi connectivity index (χ3v) is 7.97. The normalized spacial score (nSPS) is 22.0. The highest BCUT2D eigenvalue weighted by molar-refractivity contribution is 14.0. The summed E-state index contributed by atoms with van der Waals surface area (Å²) in [5.74, 6) is 0. The first-order valence-corrected chi connectivity index (χ1v) is 13.6. The summed E-state index contributed by atoms with van der Waals surface area (Å²) in [5, 5.41) is 0. The van der Waals surface area contributed by atoms with E-state index in [2.05, 4.69) is 21.6 Å². The topological polar surface area (TPSA) is 9.72 Å². The van der Waals surface area contributed by atoms with Gasteiger partial charge in [0.25, 0.3) is 0 Å². The number of nitrogens with zero attached hydrogens (tertiary/aromatic N) is 3. The molecule has 3 saturated heterocycles. The van der Waals surface area contributed by atoms with E-state index in [1.54, 1.807) is 0 Å². The Kier molecular flexibility index (Phi) is 21.7. The maximum Gasteiger partial charge on any atom is 0.00952 e. The molecule has 0 N–H and O–H groups in total. The van der Waals surface area contributed by atoms with E-state index < -0.39 is 0 Å². The predicted octanol–water partition coefficient (Wildman–Crippen LogP) is 7.71. The van der Waals surface area contributed by atoms with Crippen molar-refractivity contribution in [1.29, 1.82) is 0 Å². The van der Waals surface area contributed by atoms with E-state index in [1.165, 1.54) is 149 Å². The molecule has 3 aliphatic heterocycles. The van der Waals surface area contributed by atoms with Crippen LogP contribution in [0.4, 0.5) is 0 Å². The van der Waals surface area contributed by atoms with Gasteiger partial charge in [-0.2, -0.15) is 0 Å². The molecule has 0 aromatic heterocycles. The number of hydrogen-bond donors (Lipinski definition) is 0. The SMILES string of the molecule is Br.Br.CCCC(CCCCC(CCCCN1CCCCC1)N1CCCC1)N1CCCC1.I. The minimum absolute atomic E-state index is 0. The lowest BCUT2D eigenvalue weighted by atomic mass is 9.98. The molecule has 3 fully saturated rings. The number of halogens is 3. The molecule has 2 unspecified atom stereocenters. The quantitative estimate of drug-likeness (QED) is 0.136. The number of likely N-dealkylation sites (tertiary alicyclic amines) is 3. The summed E-state index contributed by atoms with van der Waals surface area (Å²) in [6.07, 6.45) is 23.0. The molecule has 0 amide bonds. The summed E-state index contributed by atoms with van der Waals surface area (Å²) in [4.78, 5) is 8.38. The summed E-state index contributed by atoms with van der Waals surface area (Å²) in [7, 11) is 0. The van der Waals surface area contributed by atoms with E-state index in [1.807, 2.05) is 0 Å². The number of rotatable bonds is 14. The van der Waals surface area contributed by atoms with Gasteiger partial charge in [-0.1, -0.05) is 39.0 Å². The van der Waals surface area contributed by atoms with Gasteiger partial charge in [-0.3, -0.25) is 0 Å². The molecule has 2 atom stereocenters. The van der Waals surface area contributed by atoms with Gasteiger partial charge in [-0.05, 0) is 116 Å². The molecule has 3 heterocycles. The minimum Gasteiger partial charge on any atom is -0.303 e. The van der Waals surface area contributed by atoms with Crippen LogP contribution in [-0.2, 0) is 0 Å². The second-order valence-electron chi connectivity index (χ2n) is 10.3. The Hall–Kier alpha value is 1.57. The monoisotopic (exact) mass is 693 g/mol. The van der Waals surface area contributed by atoms with Crippen LogP contribution in [0, 0.1) is 0 Å². The van der Waals surface area contributed by atoms with Crippen molar-refractivity contribution < 1.29 is 0 Å². The zero-order chi connectivity index (χ0) is 20.2. The number of hydrogen-bond acceptors (Lipinski definition) is 3. The fraction of sp³-hybridized carbons (Fsp3) is 1.00. The van der Waals surface area contributed by atoms with Crippen molar-refractivity contribution in [3.05, 3.63) is 0 Å². The largest absolute Gasteiger partial charge is 0.303 e. The Balaban J connectivity index is 0.00000320. The molecule has 3 nitrogen and oxygen atoms in total. The standard InChI is InChI=1S/C26H51N3.2BrH.HI/c1-2-14-25(28-21-10-11-22-28)15-4-5-16-26(29-23-12-13-24-29)17-6-9-20-27-18-7-3-8-19-27;;;/h25-26H,2-24H2,1H3;3*1H. The molecule has 32 heavy (non-hydrogen) atoms. The Labute approximate surface area is 238 Å². The first kappa shape index (κ1) is 33.6. The highest BCUT2D eigenvalue weighted by atomic mass is 127. The third-order valence-electron chi connectivity index (χ3n) is 7.97. The highest BCUT2D eigenvalue weighted by Crippen LogP contribution is 2.24. The van der Waals surface area contributed by atoms with Crippen LogP contribution in [0.3, 0.4) is 0 Å². The maximum atomic E-state index is 2.85. The number of piperidine rings is 1. The smallest absolute Gasteiger partial charge is 0.00952 e. The Morgan fingerprint density at radius 3 is 1.41 bits per heavy atom. The van der Waals surface area contributed by atoms with Gasteiger partial charge in [0.05, 0.1) is 0 Å². The first-order chi connectivity index (χ1) is 14.4. The van der Waals surface area contributed by atoms with E-state index in [0.29, 0.717) is 0 Å². The molecule has 0 aromatic rings. The van der Waals surface area contributed by atoms with Crippen molar-refractivity contribution in [1.82, 2.24) is 14.7 Å². The molecule has 194 valence electrons. The minimum atomic E-state index is 0. The highest BCUT2D eigenvalue weighted by Gasteiger charge is 2.23. The second-order valence-corrected chi connectivity index (χ2v) is 10.3. The molecule has 6 heteroatoms. The number of unbranched alkanes of at least 4 members (excludes halogenated alkanes) is 2. The maximum absolute atomic E-state index is 2.85. The van der Waals surface area contributed by atoms with Crippen LogP contribution in [0.15, 0.2) is 0 Å². The van der Waals surface area contributed by atoms with Crippen LogP contribution in [0.25, 0.3) is 0 Å². The molecular weight excluding hydrogens is 641 g/mol. The van der Waals surface area contributed by atoms with E-state index >= 15 is 0 Å². The van der Waals surface area contributed by atoms with Gasteiger partial charge < -0.3 is 14.7 Å².